The Morgan fingerprint density at radius 3 is 2.39 bits per heavy atom. The summed E-state index contributed by atoms with van der Waals surface area (Å²) in [6.07, 6.45) is 0.349. The van der Waals surface area contributed by atoms with Gasteiger partial charge >= 0.3 is 0 Å². The van der Waals surface area contributed by atoms with Gasteiger partial charge in [-0.1, -0.05) is 41.9 Å². The van der Waals surface area contributed by atoms with Crippen LogP contribution in [0.4, 0.5) is 11.4 Å². The summed E-state index contributed by atoms with van der Waals surface area (Å²) in [5, 5.41) is 12.3. The normalized spacial score (nSPS) is 10.9. The molecule has 0 aliphatic rings. The molecule has 0 saturated carbocycles. The first-order valence-electron chi connectivity index (χ1n) is 9.57. The molecule has 3 aromatic carbocycles. The molecular weight excluding hydrogens is 434 g/mol. The average molecular weight is 456 g/mol. The van der Waals surface area contributed by atoms with Crippen molar-refractivity contribution in [3.63, 3.8) is 0 Å². The van der Waals surface area contributed by atoms with Crippen molar-refractivity contribution in [2.45, 2.75) is 11.3 Å². The van der Waals surface area contributed by atoms with Crippen LogP contribution in [0, 0.1) is 11.3 Å². The zero-order valence-electron chi connectivity index (χ0n) is 17.0. The molecule has 0 aliphatic heterocycles. The van der Waals surface area contributed by atoms with Gasteiger partial charge in [0.05, 0.1) is 41.8 Å². The van der Waals surface area contributed by atoms with E-state index in [0.29, 0.717) is 29.4 Å². The van der Waals surface area contributed by atoms with Crippen LogP contribution in [0.5, 0.6) is 5.75 Å². The van der Waals surface area contributed by atoms with Crippen molar-refractivity contribution in [1.82, 2.24) is 0 Å². The molecule has 6 nitrogen and oxygen atoms in total. The quantitative estimate of drug-likeness (QED) is 0.504. The van der Waals surface area contributed by atoms with E-state index in [2.05, 4.69) is 11.4 Å². The van der Waals surface area contributed by atoms with Crippen LogP contribution in [-0.2, 0) is 16.4 Å². The summed E-state index contributed by atoms with van der Waals surface area (Å²) in [5.74, 6) is 0.470. The van der Waals surface area contributed by atoms with Crippen LogP contribution in [-0.4, -0.2) is 28.6 Å². The maximum absolute atomic E-state index is 13.4. The standard InChI is InChI=1S/C23H22ClN3O3S/c1-30-23-12-11-20(17-22(23)24)27(31(28,29)21-5-3-2-4-6-21)16-15-26-19-9-7-18(8-10-19)13-14-25/h2-12,17,26H,13,15-16H2,1H3. The molecule has 0 fully saturated rings. The number of nitriles is 1. The van der Waals surface area contributed by atoms with Crippen LogP contribution in [0.25, 0.3) is 0 Å². The number of methoxy groups -OCH3 is 1. The highest BCUT2D eigenvalue weighted by molar-refractivity contribution is 7.92. The second-order valence-corrected chi connectivity index (χ2v) is 8.94. The molecule has 0 atom stereocenters. The molecule has 31 heavy (non-hydrogen) atoms. The molecular formula is C23H22ClN3O3S. The van der Waals surface area contributed by atoms with Crippen LogP contribution < -0.4 is 14.4 Å². The van der Waals surface area contributed by atoms with Gasteiger partial charge in [-0.05, 0) is 48.0 Å². The van der Waals surface area contributed by atoms with Crippen molar-refractivity contribution in [2.75, 3.05) is 29.8 Å². The van der Waals surface area contributed by atoms with Crippen molar-refractivity contribution < 1.29 is 13.2 Å². The molecule has 0 saturated heterocycles. The second kappa shape index (κ2) is 10.2. The molecule has 0 aromatic heterocycles. The Hall–Kier alpha value is -3.21. The maximum Gasteiger partial charge on any atom is 0.264 e. The van der Waals surface area contributed by atoms with Crippen LogP contribution >= 0.6 is 11.6 Å². The number of sulfonamides is 1. The van der Waals surface area contributed by atoms with Crippen LogP contribution in [0.3, 0.4) is 0 Å². The van der Waals surface area contributed by atoms with E-state index >= 15 is 0 Å². The fraction of sp³-hybridized carbons (Fsp3) is 0.174. The van der Waals surface area contributed by atoms with Crippen LogP contribution in [0.1, 0.15) is 5.56 Å². The Balaban J connectivity index is 1.84. The van der Waals surface area contributed by atoms with Crippen LogP contribution in [0.15, 0.2) is 77.7 Å². The molecule has 3 rings (SSSR count). The average Bonchev–Trinajstić information content (AvgIpc) is 2.78. The highest BCUT2D eigenvalue weighted by atomic mass is 35.5. The van der Waals surface area contributed by atoms with E-state index in [0.717, 1.165) is 11.3 Å². The Labute approximate surface area is 187 Å². The van der Waals surface area contributed by atoms with Crippen molar-refractivity contribution in [1.29, 1.82) is 5.26 Å². The molecule has 0 spiro atoms. The zero-order chi connectivity index (χ0) is 22.3. The van der Waals surface area contributed by atoms with Crippen molar-refractivity contribution >= 4 is 33.0 Å². The molecule has 0 unspecified atom stereocenters. The number of hydrogen-bond acceptors (Lipinski definition) is 5. The Morgan fingerprint density at radius 2 is 1.77 bits per heavy atom. The van der Waals surface area contributed by atoms with Gasteiger partial charge in [0.15, 0.2) is 0 Å². The number of benzene rings is 3. The Bertz CT molecular complexity index is 1160. The van der Waals surface area contributed by atoms with Gasteiger partial charge in [0, 0.05) is 12.2 Å². The summed E-state index contributed by atoms with van der Waals surface area (Å²) in [4.78, 5) is 0.197. The van der Waals surface area contributed by atoms with E-state index in [1.807, 2.05) is 24.3 Å². The molecule has 0 aliphatic carbocycles. The molecule has 160 valence electrons. The lowest BCUT2D eigenvalue weighted by Crippen LogP contribution is -2.35. The summed E-state index contributed by atoms with van der Waals surface area (Å²) in [7, 11) is -2.30. The lowest BCUT2D eigenvalue weighted by Gasteiger charge is -2.25. The SMILES string of the molecule is COc1ccc(N(CCNc2ccc(CC#N)cc2)S(=O)(=O)c2ccccc2)cc1Cl. The van der Waals surface area contributed by atoms with Gasteiger partial charge < -0.3 is 10.1 Å². The summed E-state index contributed by atoms with van der Waals surface area (Å²) in [6.45, 7) is 0.549. The van der Waals surface area contributed by atoms with Gasteiger partial charge in [-0.3, -0.25) is 4.31 Å². The molecule has 0 amide bonds. The maximum atomic E-state index is 13.4. The summed E-state index contributed by atoms with van der Waals surface area (Å²) in [5.41, 5.74) is 2.21. The smallest absolute Gasteiger partial charge is 0.264 e. The number of hydrogen-bond donors (Lipinski definition) is 1. The largest absolute Gasteiger partial charge is 0.495 e. The number of nitrogens with one attached hydrogen (secondary N) is 1. The minimum Gasteiger partial charge on any atom is -0.495 e. The highest BCUT2D eigenvalue weighted by Crippen LogP contribution is 2.31. The molecule has 0 heterocycles. The van der Waals surface area contributed by atoms with Crippen molar-refractivity contribution in [3.05, 3.63) is 83.4 Å². The lowest BCUT2D eigenvalue weighted by atomic mass is 10.1. The minimum atomic E-state index is -3.80. The van der Waals surface area contributed by atoms with E-state index in [1.165, 1.54) is 11.4 Å². The number of ether oxygens (including phenoxy) is 1. The van der Waals surface area contributed by atoms with Crippen molar-refractivity contribution in [2.24, 2.45) is 0 Å². The van der Waals surface area contributed by atoms with E-state index in [-0.39, 0.29) is 11.4 Å². The first-order chi connectivity index (χ1) is 15.0. The third kappa shape index (κ3) is 5.48. The molecule has 0 radical (unpaired) electrons. The fourth-order valence-electron chi connectivity index (χ4n) is 3.05. The van der Waals surface area contributed by atoms with Gasteiger partial charge in [-0.15, -0.1) is 0 Å². The minimum absolute atomic E-state index is 0.180. The van der Waals surface area contributed by atoms with E-state index in [4.69, 9.17) is 21.6 Å². The first-order valence-corrected chi connectivity index (χ1v) is 11.4. The zero-order valence-corrected chi connectivity index (χ0v) is 18.5. The second-order valence-electron chi connectivity index (χ2n) is 6.67. The molecule has 8 heteroatoms. The lowest BCUT2D eigenvalue weighted by molar-refractivity contribution is 0.415. The number of rotatable bonds is 9. The molecule has 0 bridgehead atoms. The Morgan fingerprint density at radius 1 is 1.06 bits per heavy atom. The fourth-order valence-corrected chi connectivity index (χ4v) is 4.78. The third-order valence-corrected chi connectivity index (χ3v) is 6.77. The van der Waals surface area contributed by atoms with E-state index in [1.54, 1.807) is 48.5 Å². The summed E-state index contributed by atoms with van der Waals surface area (Å²) in [6, 6.07) is 22.8. The monoisotopic (exact) mass is 455 g/mol. The van der Waals surface area contributed by atoms with E-state index < -0.39 is 10.0 Å². The van der Waals surface area contributed by atoms with Gasteiger partial charge in [-0.2, -0.15) is 5.26 Å². The van der Waals surface area contributed by atoms with Gasteiger partial charge in [0.1, 0.15) is 5.75 Å². The molecule has 3 aromatic rings. The number of nitrogens with zero attached hydrogens (tertiary/aromatic N) is 2. The highest BCUT2D eigenvalue weighted by Gasteiger charge is 2.25. The third-order valence-electron chi connectivity index (χ3n) is 4.64. The predicted octanol–water partition coefficient (Wildman–Crippen LogP) is 4.72. The van der Waals surface area contributed by atoms with Crippen LogP contribution in [0.2, 0.25) is 5.02 Å². The predicted molar refractivity (Wildman–Crippen MR) is 123 cm³/mol. The van der Waals surface area contributed by atoms with Gasteiger partial charge in [-0.25, -0.2) is 8.42 Å². The topological polar surface area (TPSA) is 82.4 Å². The van der Waals surface area contributed by atoms with E-state index in [9.17, 15) is 8.42 Å². The van der Waals surface area contributed by atoms with Gasteiger partial charge in [0.2, 0.25) is 0 Å². The summed E-state index contributed by atoms with van der Waals surface area (Å²) < 4.78 is 33.2. The first kappa shape index (κ1) is 22.5. The number of halogens is 1. The molecule has 1 N–H and O–H groups in total. The van der Waals surface area contributed by atoms with Gasteiger partial charge in [0.25, 0.3) is 10.0 Å². The van der Waals surface area contributed by atoms with Crippen molar-refractivity contribution in [3.8, 4) is 11.8 Å². The summed E-state index contributed by atoms with van der Waals surface area (Å²) >= 11 is 6.26. The Kier molecular flexibility index (Phi) is 7.40. The number of anilines is 2.